The van der Waals surface area contributed by atoms with Gasteiger partial charge in [-0.3, -0.25) is 0 Å². The van der Waals surface area contributed by atoms with Gasteiger partial charge in [-0.1, -0.05) is 30.3 Å². The lowest BCUT2D eigenvalue weighted by atomic mass is 9.83. The molecule has 3 heteroatoms. The zero-order valence-corrected chi connectivity index (χ0v) is 12.1. The molecule has 2 fully saturated rings. The van der Waals surface area contributed by atoms with Crippen molar-refractivity contribution in [3.63, 3.8) is 0 Å². The molecule has 1 aliphatic heterocycles. The molecule has 3 N–H and O–H groups in total. The van der Waals surface area contributed by atoms with Gasteiger partial charge >= 0.3 is 0 Å². The lowest BCUT2D eigenvalue weighted by Crippen LogP contribution is -2.41. The zero-order valence-electron chi connectivity index (χ0n) is 12.1. The van der Waals surface area contributed by atoms with Crippen LogP contribution < -0.4 is 11.1 Å². The Morgan fingerprint density at radius 3 is 2.45 bits per heavy atom. The van der Waals surface area contributed by atoms with Gasteiger partial charge in [-0.05, 0) is 50.1 Å². The molecule has 0 amide bonds. The average Bonchev–Trinajstić information content (AvgIpc) is 2.92. The maximum absolute atomic E-state index is 6.08. The molecule has 0 aromatic heterocycles. The molecular formula is C17H26N2O. The predicted molar refractivity (Wildman–Crippen MR) is 81.8 cm³/mol. The number of nitrogens with two attached hydrogens (primary N) is 1. The van der Waals surface area contributed by atoms with E-state index in [2.05, 4.69) is 35.6 Å². The Morgan fingerprint density at radius 1 is 1.05 bits per heavy atom. The van der Waals surface area contributed by atoms with Gasteiger partial charge in [-0.15, -0.1) is 0 Å². The first-order valence-corrected chi connectivity index (χ1v) is 7.98. The van der Waals surface area contributed by atoms with Crippen LogP contribution in [0.5, 0.6) is 0 Å². The molecule has 3 nitrogen and oxygen atoms in total. The molecule has 3 rings (SSSR count). The highest BCUT2D eigenvalue weighted by Gasteiger charge is 2.27. The minimum atomic E-state index is 0.274. The maximum Gasteiger partial charge on any atom is 0.0638 e. The molecule has 1 aliphatic carbocycles. The van der Waals surface area contributed by atoms with Crippen molar-refractivity contribution in [1.29, 1.82) is 0 Å². The Hall–Kier alpha value is -0.900. The van der Waals surface area contributed by atoms with Crippen LogP contribution in [-0.4, -0.2) is 31.3 Å². The molecule has 1 saturated heterocycles. The Morgan fingerprint density at radius 2 is 1.80 bits per heavy atom. The summed E-state index contributed by atoms with van der Waals surface area (Å²) < 4.78 is 6.08. The molecule has 2 atom stereocenters. The number of rotatable bonds is 4. The van der Waals surface area contributed by atoms with E-state index in [0.717, 1.165) is 25.5 Å². The largest absolute Gasteiger partial charge is 0.377 e. The van der Waals surface area contributed by atoms with Crippen molar-refractivity contribution < 1.29 is 4.74 Å². The molecule has 1 saturated carbocycles. The van der Waals surface area contributed by atoms with Gasteiger partial charge in [-0.2, -0.15) is 0 Å². The summed E-state index contributed by atoms with van der Waals surface area (Å²) in [7, 11) is 0. The summed E-state index contributed by atoms with van der Waals surface area (Å²) in [5, 5.41) is 3.43. The number of benzene rings is 1. The normalized spacial score (nSPS) is 34.2. The van der Waals surface area contributed by atoms with E-state index in [4.69, 9.17) is 10.5 Å². The summed E-state index contributed by atoms with van der Waals surface area (Å²) in [6.07, 6.45) is 6.37. The summed E-state index contributed by atoms with van der Waals surface area (Å²) in [6.45, 7) is 1.82. The highest BCUT2D eigenvalue weighted by Crippen LogP contribution is 2.33. The quantitative estimate of drug-likeness (QED) is 0.886. The van der Waals surface area contributed by atoms with Crippen LogP contribution in [0.2, 0.25) is 0 Å². The van der Waals surface area contributed by atoms with E-state index in [9.17, 15) is 0 Å². The van der Waals surface area contributed by atoms with Crippen molar-refractivity contribution in [2.75, 3.05) is 13.2 Å². The predicted octanol–water partition coefficient (Wildman–Crippen LogP) is 2.42. The van der Waals surface area contributed by atoms with Crippen LogP contribution >= 0.6 is 0 Å². The van der Waals surface area contributed by atoms with Crippen LogP contribution in [0.15, 0.2) is 30.3 Å². The second-order valence-corrected chi connectivity index (χ2v) is 6.23. The topological polar surface area (TPSA) is 47.3 Å². The van der Waals surface area contributed by atoms with Crippen LogP contribution in [0.1, 0.15) is 43.6 Å². The molecule has 0 radical (unpaired) electrons. The van der Waals surface area contributed by atoms with Crippen LogP contribution in [0.3, 0.4) is 0 Å². The van der Waals surface area contributed by atoms with Crippen LogP contribution in [-0.2, 0) is 4.74 Å². The van der Waals surface area contributed by atoms with Gasteiger partial charge in [-0.25, -0.2) is 0 Å². The second kappa shape index (κ2) is 6.70. The number of hydrogen-bond donors (Lipinski definition) is 2. The molecule has 2 aliphatic rings. The van der Waals surface area contributed by atoms with Crippen molar-refractivity contribution in [3.8, 4) is 0 Å². The Bertz CT molecular complexity index is 401. The summed E-state index contributed by atoms with van der Waals surface area (Å²) in [5.74, 6) is 0.725. The van der Waals surface area contributed by atoms with E-state index in [1.165, 1.54) is 31.2 Å². The first kappa shape index (κ1) is 14.1. The minimum Gasteiger partial charge on any atom is -0.377 e. The fraction of sp³-hybridized carbons (Fsp3) is 0.647. The lowest BCUT2D eigenvalue weighted by molar-refractivity contribution is 0.0132. The molecule has 20 heavy (non-hydrogen) atoms. The number of ether oxygens (including phenoxy) is 1. The SMILES string of the molecule is NC1CCNC1COC1CCC(c2ccccc2)CC1. The van der Waals surface area contributed by atoms with Crippen molar-refractivity contribution in [2.45, 2.75) is 56.2 Å². The third-order valence-corrected chi connectivity index (χ3v) is 4.86. The fourth-order valence-electron chi connectivity index (χ4n) is 3.50. The third kappa shape index (κ3) is 3.40. The van der Waals surface area contributed by atoms with Crippen molar-refractivity contribution in [3.05, 3.63) is 35.9 Å². The highest BCUT2D eigenvalue weighted by molar-refractivity contribution is 5.19. The summed E-state index contributed by atoms with van der Waals surface area (Å²) in [6, 6.07) is 11.5. The van der Waals surface area contributed by atoms with E-state index in [1.807, 2.05) is 0 Å². The van der Waals surface area contributed by atoms with Gasteiger partial charge in [0.1, 0.15) is 0 Å². The van der Waals surface area contributed by atoms with Crippen LogP contribution in [0.25, 0.3) is 0 Å². The lowest BCUT2D eigenvalue weighted by Gasteiger charge is -2.30. The van der Waals surface area contributed by atoms with E-state index in [-0.39, 0.29) is 6.04 Å². The maximum atomic E-state index is 6.08. The molecule has 1 aromatic rings. The highest BCUT2D eigenvalue weighted by atomic mass is 16.5. The van der Waals surface area contributed by atoms with E-state index >= 15 is 0 Å². The smallest absolute Gasteiger partial charge is 0.0638 e. The van der Waals surface area contributed by atoms with Gasteiger partial charge < -0.3 is 15.8 Å². The van der Waals surface area contributed by atoms with Gasteiger partial charge in [0.2, 0.25) is 0 Å². The van der Waals surface area contributed by atoms with Crippen LogP contribution in [0.4, 0.5) is 0 Å². The standard InChI is InChI=1S/C17H26N2O/c18-16-10-11-19-17(16)12-20-15-8-6-14(7-9-15)13-4-2-1-3-5-13/h1-5,14-17,19H,6-12,18H2. The molecule has 0 spiro atoms. The fourth-order valence-corrected chi connectivity index (χ4v) is 3.50. The van der Waals surface area contributed by atoms with E-state index < -0.39 is 0 Å². The van der Waals surface area contributed by atoms with E-state index in [0.29, 0.717) is 12.1 Å². The Kier molecular flexibility index (Phi) is 4.71. The molecule has 2 unspecified atom stereocenters. The number of nitrogens with one attached hydrogen (secondary N) is 1. The van der Waals surface area contributed by atoms with Gasteiger partial charge in [0.05, 0.1) is 12.7 Å². The summed E-state index contributed by atoms with van der Waals surface area (Å²) in [4.78, 5) is 0. The Balaban J connectivity index is 1.42. The Labute approximate surface area is 121 Å². The second-order valence-electron chi connectivity index (χ2n) is 6.23. The first-order valence-electron chi connectivity index (χ1n) is 7.98. The summed E-state index contributed by atoms with van der Waals surface area (Å²) >= 11 is 0. The summed E-state index contributed by atoms with van der Waals surface area (Å²) in [5.41, 5.74) is 7.54. The van der Waals surface area contributed by atoms with Crippen molar-refractivity contribution >= 4 is 0 Å². The first-order chi connectivity index (χ1) is 9.83. The van der Waals surface area contributed by atoms with Gasteiger partial charge in [0.25, 0.3) is 0 Å². The minimum absolute atomic E-state index is 0.274. The van der Waals surface area contributed by atoms with Crippen molar-refractivity contribution in [1.82, 2.24) is 5.32 Å². The van der Waals surface area contributed by atoms with Gasteiger partial charge in [0.15, 0.2) is 0 Å². The molecule has 1 aromatic carbocycles. The molecule has 0 bridgehead atoms. The number of hydrogen-bond acceptors (Lipinski definition) is 3. The molecule has 1 heterocycles. The van der Waals surface area contributed by atoms with Crippen molar-refractivity contribution in [2.24, 2.45) is 5.73 Å². The average molecular weight is 274 g/mol. The third-order valence-electron chi connectivity index (χ3n) is 4.86. The zero-order chi connectivity index (χ0) is 13.8. The monoisotopic (exact) mass is 274 g/mol. The van der Waals surface area contributed by atoms with Gasteiger partial charge in [0, 0.05) is 12.1 Å². The van der Waals surface area contributed by atoms with E-state index in [1.54, 1.807) is 0 Å². The molecule has 110 valence electrons. The van der Waals surface area contributed by atoms with Crippen LogP contribution in [0, 0.1) is 0 Å². The molecular weight excluding hydrogens is 248 g/mol.